The summed E-state index contributed by atoms with van der Waals surface area (Å²) in [6.45, 7) is 6.12. The Hall–Kier alpha value is -2.42. The van der Waals surface area contributed by atoms with Crippen molar-refractivity contribution in [1.29, 1.82) is 0 Å². The number of aromatic carboxylic acids is 1. The molecule has 2 amide bonds. The van der Waals surface area contributed by atoms with Gasteiger partial charge in [-0.15, -0.1) is 11.8 Å². The predicted molar refractivity (Wildman–Crippen MR) is 157 cm³/mol. The van der Waals surface area contributed by atoms with Crippen LogP contribution in [0.15, 0.2) is 53.4 Å². The van der Waals surface area contributed by atoms with Crippen LogP contribution in [0.25, 0.3) is 0 Å². The maximum Gasteiger partial charge on any atom is 0.338 e. The van der Waals surface area contributed by atoms with Gasteiger partial charge >= 0.3 is 5.97 Å². The number of hydrogen-bond acceptors (Lipinski definition) is 4. The molecule has 0 heterocycles. The topological polar surface area (TPSA) is 95.5 Å². The Kier molecular flexibility index (Phi) is 10.4. The minimum atomic E-state index is -1.49. The Morgan fingerprint density at radius 3 is 2.00 bits per heavy atom. The Morgan fingerprint density at radius 2 is 1.45 bits per heavy atom. The van der Waals surface area contributed by atoms with Crippen molar-refractivity contribution in [1.82, 2.24) is 0 Å². The van der Waals surface area contributed by atoms with E-state index in [1.165, 1.54) is 17.3 Å². The van der Waals surface area contributed by atoms with Crippen LogP contribution in [0.2, 0.25) is 20.1 Å². The normalized spacial score (nSPS) is 11.8. The lowest BCUT2D eigenvalue weighted by Gasteiger charge is -2.16. The van der Waals surface area contributed by atoms with Crippen molar-refractivity contribution in [3.05, 3.63) is 85.3 Å². The fourth-order valence-electron chi connectivity index (χ4n) is 3.55. The van der Waals surface area contributed by atoms with Crippen molar-refractivity contribution in [2.24, 2.45) is 0 Å². The highest BCUT2D eigenvalue weighted by Gasteiger charge is 2.29. The Labute approximate surface area is 245 Å². The van der Waals surface area contributed by atoms with Gasteiger partial charge < -0.3 is 15.7 Å². The van der Waals surface area contributed by atoms with E-state index in [-0.39, 0.29) is 21.0 Å². The quantitative estimate of drug-likeness (QED) is 0.127. The van der Waals surface area contributed by atoms with Crippen molar-refractivity contribution >= 4 is 87.3 Å². The van der Waals surface area contributed by atoms with E-state index in [2.05, 4.69) is 24.5 Å². The highest BCUT2D eigenvalue weighted by Crippen LogP contribution is 2.42. The molecule has 1 atom stereocenters. The van der Waals surface area contributed by atoms with Gasteiger partial charge in [0.2, 0.25) is 5.91 Å². The summed E-state index contributed by atoms with van der Waals surface area (Å²) in [5.74, 6) is -2.07. The second kappa shape index (κ2) is 13.1. The van der Waals surface area contributed by atoms with Gasteiger partial charge in [-0.3, -0.25) is 9.59 Å². The monoisotopic (exact) mass is 612 g/mol. The molecule has 3 aromatic rings. The molecule has 0 aliphatic carbocycles. The van der Waals surface area contributed by atoms with Gasteiger partial charge in [0.1, 0.15) is 0 Å². The van der Waals surface area contributed by atoms with Gasteiger partial charge in [0.25, 0.3) is 5.91 Å². The molecule has 0 spiro atoms. The van der Waals surface area contributed by atoms with Crippen molar-refractivity contribution in [2.45, 2.75) is 43.3 Å². The molecule has 0 saturated heterocycles. The Bertz CT molecular complexity index is 1380. The maximum absolute atomic E-state index is 13.1. The Balaban J connectivity index is 1.78. The van der Waals surface area contributed by atoms with Crippen molar-refractivity contribution in [3.8, 4) is 0 Å². The zero-order chi connectivity index (χ0) is 28.1. The standard InChI is InChI=1S/C27H24Cl4N2O4S/c1-4-18(25(34)32-15-10-8-14(9-11-15)13(2)3)38-17-7-5-6-16(12-17)33-26(35)19-20(27(36)37)22(29)24(31)23(30)21(19)28/h5-13,18H,4H2,1-3H3,(H,32,34)(H,33,35)(H,36,37). The first-order valence-corrected chi connectivity index (χ1v) is 13.9. The van der Waals surface area contributed by atoms with Crippen LogP contribution in [0.1, 0.15) is 59.4 Å². The van der Waals surface area contributed by atoms with Crippen LogP contribution in [-0.4, -0.2) is 28.1 Å². The number of thioether (sulfide) groups is 1. The smallest absolute Gasteiger partial charge is 0.338 e. The van der Waals surface area contributed by atoms with Gasteiger partial charge in [-0.1, -0.05) is 85.4 Å². The first-order valence-electron chi connectivity index (χ1n) is 11.5. The molecule has 38 heavy (non-hydrogen) atoms. The molecule has 3 N–H and O–H groups in total. The van der Waals surface area contributed by atoms with Crippen LogP contribution in [0.4, 0.5) is 11.4 Å². The van der Waals surface area contributed by atoms with Crippen molar-refractivity contribution in [3.63, 3.8) is 0 Å². The minimum absolute atomic E-state index is 0.146. The number of anilines is 2. The van der Waals surface area contributed by atoms with E-state index in [0.29, 0.717) is 23.7 Å². The lowest BCUT2D eigenvalue weighted by atomic mass is 10.0. The summed E-state index contributed by atoms with van der Waals surface area (Å²) in [5, 5.41) is 13.6. The molecule has 0 bridgehead atoms. The number of amides is 2. The van der Waals surface area contributed by atoms with Gasteiger partial charge in [0.05, 0.1) is 36.5 Å². The zero-order valence-electron chi connectivity index (χ0n) is 20.6. The fourth-order valence-corrected chi connectivity index (χ4v) is 5.58. The molecule has 0 radical (unpaired) electrons. The number of carboxylic acid groups (broad SMARTS) is 1. The largest absolute Gasteiger partial charge is 0.478 e. The van der Waals surface area contributed by atoms with E-state index in [1.54, 1.807) is 24.3 Å². The average Bonchev–Trinajstić information content (AvgIpc) is 2.88. The van der Waals surface area contributed by atoms with Gasteiger partial charge in [-0.2, -0.15) is 0 Å². The molecule has 11 heteroatoms. The summed E-state index contributed by atoms with van der Waals surface area (Å²) in [5.41, 5.74) is 1.28. The number of carboxylic acids is 1. The molecule has 0 aromatic heterocycles. The third kappa shape index (κ3) is 6.96. The van der Waals surface area contributed by atoms with Crippen LogP contribution in [0.5, 0.6) is 0 Å². The molecule has 200 valence electrons. The SMILES string of the molecule is CCC(Sc1cccc(NC(=O)c2c(Cl)c(Cl)c(Cl)c(Cl)c2C(=O)O)c1)C(=O)Nc1ccc(C(C)C)cc1. The lowest BCUT2D eigenvalue weighted by molar-refractivity contribution is -0.115. The molecule has 3 rings (SSSR count). The molecule has 0 aliphatic rings. The average molecular weight is 614 g/mol. The van der Waals surface area contributed by atoms with E-state index in [4.69, 9.17) is 46.4 Å². The molecule has 0 fully saturated rings. The van der Waals surface area contributed by atoms with E-state index in [9.17, 15) is 19.5 Å². The Morgan fingerprint density at radius 1 is 0.842 bits per heavy atom. The summed E-state index contributed by atoms with van der Waals surface area (Å²) in [6.07, 6.45) is 0.566. The first-order chi connectivity index (χ1) is 17.9. The molecule has 0 saturated carbocycles. The molecule has 1 unspecified atom stereocenters. The number of carbonyl (C=O) groups excluding carboxylic acids is 2. The second-order valence-electron chi connectivity index (χ2n) is 8.57. The van der Waals surface area contributed by atoms with E-state index in [1.807, 2.05) is 31.2 Å². The number of benzene rings is 3. The van der Waals surface area contributed by atoms with Gasteiger partial charge in [-0.25, -0.2) is 4.79 Å². The molecular weight excluding hydrogens is 590 g/mol. The summed E-state index contributed by atoms with van der Waals surface area (Å²) in [7, 11) is 0. The molecule has 0 aliphatic heterocycles. The molecular formula is C27H24Cl4N2O4S. The second-order valence-corrected chi connectivity index (χ2v) is 11.4. The highest BCUT2D eigenvalue weighted by atomic mass is 35.5. The number of nitrogens with one attached hydrogen (secondary N) is 2. The third-order valence-corrected chi connectivity index (χ3v) is 8.75. The van der Waals surface area contributed by atoms with Crippen molar-refractivity contribution in [2.75, 3.05) is 10.6 Å². The number of rotatable bonds is 9. The molecule has 6 nitrogen and oxygen atoms in total. The maximum atomic E-state index is 13.1. The number of hydrogen-bond donors (Lipinski definition) is 3. The summed E-state index contributed by atoms with van der Waals surface area (Å²) >= 11 is 25.6. The minimum Gasteiger partial charge on any atom is -0.478 e. The van der Waals surface area contributed by atoms with Crippen LogP contribution in [-0.2, 0) is 4.79 Å². The first kappa shape index (κ1) is 30.1. The van der Waals surface area contributed by atoms with Crippen LogP contribution in [0, 0.1) is 0 Å². The van der Waals surface area contributed by atoms with E-state index >= 15 is 0 Å². The van der Waals surface area contributed by atoms with Gasteiger partial charge in [-0.05, 0) is 48.2 Å². The van der Waals surface area contributed by atoms with Crippen LogP contribution < -0.4 is 10.6 Å². The highest BCUT2D eigenvalue weighted by molar-refractivity contribution is 8.00. The molecule has 3 aromatic carbocycles. The van der Waals surface area contributed by atoms with Crippen LogP contribution in [0.3, 0.4) is 0 Å². The van der Waals surface area contributed by atoms with Gasteiger partial charge in [0, 0.05) is 16.3 Å². The fraction of sp³-hybridized carbons (Fsp3) is 0.222. The lowest BCUT2D eigenvalue weighted by Crippen LogP contribution is -2.24. The van der Waals surface area contributed by atoms with E-state index < -0.39 is 33.3 Å². The summed E-state index contributed by atoms with van der Waals surface area (Å²) < 4.78 is 0. The van der Waals surface area contributed by atoms with Crippen molar-refractivity contribution < 1.29 is 19.5 Å². The van der Waals surface area contributed by atoms with Gasteiger partial charge in [0.15, 0.2) is 0 Å². The zero-order valence-corrected chi connectivity index (χ0v) is 24.4. The van der Waals surface area contributed by atoms with E-state index in [0.717, 1.165) is 4.90 Å². The number of carbonyl (C=O) groups is 3. The summed E-state index contributed by atoms with van der Waals surface area (Å²) in [4.78, 5) is 38.5. The summed E-state index contributed by atoms with van der Waals surface area (Å²) in [6, 6.07) is 14.5. The third-order valence-electron chi connectivity index (χ3n) is 5.59. The predicted octanol–water partition coefficient (Wildman–Crippen LogP) is 8.88. The van der Waals surface area contributed by atoms with Crippen LogP contribution >= 0.6 is 58.2 Å². The number of halogens is 4.